The quantitative estimate of drug-likeness (QED) is 0.00913. The first-order chi connectivity index (χ1) is 39.1. The van der Waals surface area contributed by atoms with Gasteiger partial charge in [-0.25, -0.2) is 14.8 Å². The van der Waals surface area contributed by atoms with Crippen molar-refractivity contribution >= 4 is 73.4 Å². The van der Waals surface area contributed by atoms with Gasteiger partial charge in [0, 0.05) is 37.2 Å². The molecule has 0 atom stereocenters. The van der Waals surface area contributed by atoms with Crippen molar-refractivity contribution in [2.75, 3.05) is 37.9 Å². The van der Waals surface area contributed by atoms with Crippen LogP contribution in [0.3, 0.4) is 0 Å². The molecule has 1 saturated carbocycles. The van der Waals surface area contributed by atoms with E-state index in [0.717, 1.165) is 86.0 Å². The van der Waals surface area contributed by atoms with Gasteiger partial charge in [0.2, 0.25) is 5.13 Å². The summed E-state index contributed by atoms with van der Waals surface area (Å²) in [6.45, 7) is 9.75. The second-order valence-corrected chi connectivity index (χ2v) is 21.2. The number of carbonyl (C=O) groups is 5. The van der Waals surface area contributed by atoms with Gasteiger partial charge in [-0.3, -0.25) is 24.1 Å². The number of para-hydroxylation sites is 1. The van der Waals surface area contributed by atoms with Crippen molar-refractivity contribution in [1.82, 2.24) is 9.88 Å². The van der Waals surface area contributed by atoms with E-state index in [0.29, 0.717) is 80.9 Å². The van der Waals surface area contributed by atoms with E-state index in [1.165, 1.54) is 17.1 Å². The number of unbranched alkanes of at least 4 members (excludes halogenated alkanes) is 3. The highest BCUT2D eigenvalue weighted by Crippen LogP contribution is 2.36. The lowest BCUT2D eigenvalue weighted by atomic mass is 9.87. The second-order valence-electron chi connectivity index (χ2n) is 20.2. The molecular weight excluding hydrogens is 1060 g/mol. The van der Waals surface area contributed by atoms with Crippen LogP contribution in [-0.4, -0.2) is 91.0 Å². The maximum absolute atomic E-state index is 14.0. The van der Waals surface area contributed by atoms with Gasteiger partial charge in [0.05, 0.1) is 41.7 Å². The van der Waals surface area contributed by atoms with E-state index in [-0.39, 0.29) is 56.0 Å². The molecule has 2 aliphatic rings. The van der Waals surface area contributed by atoms with Gasteiger partial charge in [-0.2, -0.15) is 18.3 Å². The van der Waals surface area contributed by atoms with Gasteiger partial charge < -0.3 is 23.7 Å². The Kier molecular flexibility index (Phi) is 20.6. The summed E-state index contributed by atoms with van der Waals surface area (Å²) in [4.78, 5) is 68.9. The van der Waals surface area contributed by atoms with Crippen molar-refractivity contribution in [3.63, 3.8) is 0 Å². The number of rotatable bonds is 27. The third-order valence-corrected chi connectivity index (χ3v) is 15.2. The molecule has 0 bridgehead atoms. The number of thiazole rings is 1. The van der Waals surface area contributed by atoms with Crippen LogP contribution in [0.5, 0.6) is 17.2 Å². The Bertz CT molecular complexity index is 3260. The average Bonchev–Trinajstić information content (AvgIpc) is 4.05. The highest BCUT2D eigenvalue weighted by Gasteiger charge is 2.38. The van der Waals surface area contributed by atoms with Crippen molar-refractivity contribution < 1.29 is 60.8 Å². The number of benzene rings is 5. The molecule has 0 radical (unpaired) electrons. The summed E-state index contributed by atoms with van der Waals surface area (Å²) in [5, 5.41) is 9.58. The van der Waals surface area contributed by atoms with Crippen molar-refractivity contribution in [3.8, 4) is 28.4 Å². The molecule has 8 rings (SSSR count). The number of esters is 3. The molecule has 0 spiro atoms. The summed E-state index contributed by atoms with van der Waals surface area (Å²) in [5.41, 5.74) is 4.45. The molecule has 2 heterocycles. The third kappa shape index (κ3) is 16.2. The molecule has 0 unspecified atom stereocenters. The maximum atomic E-state index is 14.0. The number of hydrogen-bond acceptors (Lipinski definition) is 14. The molecule has 6 aromatic rings. The lowest BCUT2D eigenvalue weighted by Crippen LogP contribution is -2.31. The number of anilines is 1. The van der Waals surface area contributed by atoms with Crippen LogP contribution in [0.15, 0.2) is 120 Å². The van der Waals surface area contributed by atoms with Gasteiger partial charge in [-0.05, 0) is 145 Å². The molecule has 1 aliphatic heterocycles. The first-order valence-corrected chi connectivity index (χ1v) is 28.5. The molecule has 426 valence electrons. The predicted octanol–water partition coefficient (Wildman–Crippen LogP) is 13.2. The third-order valence-electron chi connectivity index (χ3n) is 14.2. The van der Waals surface area contributed by atoms with Crippen LogP contribution in [-0.2, 0) is 46.3 Å². The van der Waals surface area contributed by atoms with E-state index in [1.54, 1.807) is 23.6 Å². The Balaban J connectivity index is 0.967. The van der Waals surface area contributed by atoms with E-state index in [4.69, 9.17) is 29.0 Å². The zero-order valence-electron chi connectivity index (χ0n) is 45.9. The number of aromatic nitrogens is 1. The molecule has 5 aromatic carbocycles. The fourth-order valence-electron chi connectivity index (χ4n) is 9.73. The van der Waals surface area contributed by atoms with Gasteiger partial charge in [0.15, 0.2) is 0 Å². The summed E-state index contributed by atoms with van der Waals surface area (Å²) < 4.78 is 67.8. The second kappa shape index (κ2) is 28.1. The van der Waals surface area contributed by atoms with Crippen molar-refractivity contribution in [2.45, 2.75) is 117 Å². The first-order valence-electron chi connectivity index (χ1n) is 27.7. The number of fused-ring (bicyclic) bond motifs is 2. The summed E-state index contributed by atoms with van der Waals surface area (Å²) in [6, 6.07) is 29.4. The topological polar surface area (TPSA) is 163 Å². The van der Waals surface area contributed by atoms with Gasteiger partial charge in [0.25, 0.3) is 11.8 Å². The van der Waals surface area contributed by atoms with Gasteiger partial charge >= 0.3 is 24.1 Å². The molecule has 0 N–H and O–H groups in total. The Morgan fingerprint density at radius 1 is 0.815 bits per heavy atom. The normalized spacial score (nSPS) is 15.5. The minimum absolute atomic E-state index is 0.0789. The monoisotopic (exact) mass is 1130 g/mol. The molecule has 0 saturated heterocycles. The minimum atomic E-state index is -4.86. The van der Waals surface area contributed by atoms with E-state index in [2.05, 4.69) is 43.4 Å². The maximum Gasteiger partial charge on any atom is 0.422 e. The van der Waals surface area contributed by atoms with Crippen molar-refractivity contribution in [2.24, 2.45) is 11.0 Å². The highest BCUT2D eigenvalue weighted by molar-refractivity contribution is 7.22. The number of halogens is 3. The summed E-state index contributed by atoms with van der Waals surface area (Å²) in [7, 11) is 0. The zero-order valence-corrected chi connectivity index (χ0v) is 46.7. The van der Waals surface area contributed by atoms with Gasteiger partial charge in [-0.1, -0.05) is 99.9 Å². The first kappa shape index (κ1) is 59.4. The van der Waals surface area contributed by atoms with E-state index < -0.39 is 23.7 Å². The predicted molar refractivity (Wildman–Crippen MR) is 307 cm³/mol. The Morgan fingerprint density at radius 3 is 2.32 bits per heavy atom. The number of nitrogens with zero attached hydrogens (tertiary/aromatic N) is 4. The summed E-state index contributed by atoms with van der Waals surface area (Å²) in [6.07, 6.45) is 7.86. The van der Waals surface area contributed by atoms with Crippen molar-refractivity contribution in [1.29, 1.82) is 0 Å². The molecule has 1 aromatic heterocycles. The number of carbonyl (C=O) groups excluding carboxylic acids is 5. The fraction of sp³-hybridized carbons (Fsp3) is 0.381. The molecular formula is C63H67F3N4O10S. The van der Waals surface area contributed by atoms with Gasteiger partial charge in [-0.15, -0.1) is 0 Å². The van der Waals surface area contributed by atoms with Crippen LogP contribution in [0.1, 0.15) is 107 Å². The Hall–Kier alpha value is -7.70. The smallest absolute Gasteiger partial charge is 0.422 e. The number of alkyl halides is 3. The van der Waals surface area contributed by atoms with E-state index in [9.17, 15) is 37.1 Å². The standard InChI is InChI=1S/C63H67F3N4O10S/c1-5-7-8-11-31-70(62-68-53-14-9-10-15-55(53)81-62)67-40-50-38-49(37-48(13-6-2)59(50)80-58(73)29-17-43-16-26-54(41(3)35-43)77-32-12-30-69-56(71)27-28-57(69)72)46-18-19-47-39-52(25-22-45(47)36-46)79-61(75)44-20-23-51(24-21-44)76-33-34-78-60(74)42(4)63(64,65)66/h9-10,14-16,18-19,22,25-28,35-40,44,51H,4-8,11-13,17,20-21,23-24,29-34H2,1-3H3/b67-40+. The molecule has 14 nitrogen and oxygen atoms in total. The van der Waals surface area contributed by atoms with Crippen LogP contribution in [0, 0.1) is 12.8 Å². The largest absolute Gasteiger partial charge is 0.493 e. The highest BCUT2D eigenvalue weighted by atomic mass is 32.1. The van der Waals surface area contributed by atoms with Crippen LogP contribution >= 0.6 is 11.3 Å². The number of aryl methyl sites for hydroxylation is 3. The number of hydrogen-bond donors (Lipinski definition) is 0. The lowest BCUT2D eigenvalue weighted by molar-refractivity contribution is -0.153. The number of amides is 2. The van der Waals surface area contributed by atoms with E-state index in [1.807, 2.05) is 78.7 Å². The lowest BCUT2D eigenvalue weighted by Gasteiger charge is -2.27. The molecule has 18 heteroatoms. The molecule has 1 fully saturated rings. The van der Waals surface area contributed by atoms with Crippen LogP contribution in [0.25, 0.3) is 32.1 Å². The molecule has 81 heavy (non-hydrogen) atoms. The van der Waals surface area contributed by atoms with Crippen LogP contribution in [0.4, 0.5) is 18.3 Å². The SMILES string of the molecule is C=C(C(=O)OCCOC1CCC(C(=O)Oc2ccc3cc(-c4cc(/C=N/N(CCCCCC)c5nc6ccccc6s5)c(OC(=O)CCc5ccc(OCCCN6C(=O)C=CC6=O)c(C)c5)c(CCC)c4)ccc3c2)CC1)C(F)(F)F. The minimum Gasteiger partial charge on any atom is -0.493 e. The van der Waals surface area contributed by atoms with Crippen molar-refractivity contribution in [3.05, 3.63) is 138 Å². The number of hydrazone groups is 1. The van der Waals surface area contributed by atoms with Crippen LogP contribution in [0.2, 0.25) is 0 Å². The Labute approximate surface area is 473 Å². The summed E-state index contributed by atoms with van der Waals surface area (Å²) in [5.74, 6) is -1.76. The van der Waals surface area contributed by atoms with E-state index >= 15 is 0 Å². The number of imide groups is 1. The fourth-order valence-corrected chi connectivity index (χ4v) is 10.7. The summed E-state index contributed by atoms with van der Waals surface area (Å²) >= 11 is 1.58. The zero-order chi connectivity index (χ0) is 57.5. The van der Waals surface area contributed by atoms with Crippen LogP contribution < -0.4 is 19.2 Å². The molecule has 1 aliphatic carbocycles. The van der Waals surface area contributed by atoms with Gasteiger partial charge in [0.1, 0.15) is 29.4 Å². The Morgan fingerprint density at radius 2 is 1.58 bits per heavy atom. The average molecular weight is 1130 g/mol. The molecule has 2 amide bonds. The number of ether oxygens (including phenoxy) is 5.